The number of rotatable bonds is 3. The van der Waals surface area contributed by atoms with Gasteiger partial charge in [0.25, 0.3) is 5.91 Å². The van der Waals surface area contributed by atoms with Crippen molar-refractivity contribution >= 4 is 11.8 Å². The van der Waals surface area contributed by atoms with Crippen LogP contribution in [-0.2, 0) is 11.2 Å². The molecule has 1 fully saturated rings. The van der Waals surface area contributed by atoms with Crippen molar-refractivity contribution in [2.24, 2.45) is 0 Å². The number of hydrogen-bond acceptors (Lipinski definition) is 4. The molecule has 2 aliphatic heterocycles. The number of H-pyrrole nitrogens is 1. The van der Waals surface area contributed by atoms with Crippen molar-refractivity contribution in [3.8, 4) is 11.5 Å². The lowest BCUT2D eigenvalue weighted by Crippen LogP contribution is -2.51. The van der Waals surface area contributed by atoms with Crippen LogP contribution in [0.2, 0.25) is 0 Å². The van der Waals surface area contributed by atoms with Gasteiger partial charge in [0.2, 0.25) is 5.91 Å². The van der Waals surface area contributed by atoms with E-state index in [0.29, 0.717) is 62.9 Å². The van der Waals surface area contributed by atoms with Crippen molar-refractivity contribution < 1.29 is 19.1 Å². The molecule has 7 nitrogen and oxygen atoms in total. The summed E-state index contributed by atoms with van der Waals surface area (Å²) in [6, 6.07) is 9.06. The summed E-state index contributed by atoms with van der Waals surface area (Å²) in [5, 5.41) is 0. The molecule has 1 aromatic carbocycles. The summed E-state index contributed by atoms with van der Waals surface area (Å²) >= 11 is 0. The molecule has 0 bridgehead atoms. The Bertz CT molecular complexity index is 795. The minimum Gasteiger partial charge on any atom is -0.486 e. The van der Waals surface area contributed by atoms with E-state index in [1.54, 1.807) is 23.1 Å². The summed E-state index contributed by atoms with van der Waals surface area (Å²) < 4.78 is 11.0. The Morgan fingerprint density at radius 3 is 2.42 bits per heavy atom. The molecule has 0 unspecified atom stereocenters. The maximum atomic E-state index is 12.7. The maximum Gasteiger partial charge on any atom is 0.254 e. The summed E-state index contributed by atoms with van der Waals surface area (Å²) in [6.07, 6.45) is 2.18. The van der Waals surface area contributed by atoms with Crippen LogP contribution in [0.25, 0.3) is 0 Å². The lowest BCUT2D eigenvalue weighted by Gasteiger charge is -2.35. The molecule has 1 aromatic heterocycles. The smallest absolute Gasteiger partial charge is 0.254 e. The number of fused-ring (bicyclic) bond motifs is 1. The van der Waals surface area contributed by atoms with Gasteiger partial charge in [-0.15, -0.1) is 0 Å². The Morgan fingerprint density at radius 1 is 0.962 bits per heavy atom. The first-order valence-electron chi connectivity index (χ1n) is 8.80. The predicted octanol–water partition coefficient (Wildman–Crippen LogP) is 1.31. The number of ether oxygens (including phenoxy) is 2. The van der Waals surface area contributed by atoms with E-state index in [1.807, 2.05) is 23.2 Å². The van der Waals surface area contributed by atoms with Gasteiger partial charge in [0.1, 0.15) is 13.2 Å². The fourth-order valence-electron chi connectivity index (χ4n) is 3.27. The van der Waals surface area contributed by atoms with E-state index in [1.165, 1.54) is 0 Å². The molecule has 1 N–H and O–H groups in total. The molecular formula is C19H21N3O4. The van der Waals surface area contributed by atoms with Gasteiger partial charge in [0.05, 0.1) is 6.42 Å². The minimum atomic E-state index is -0.0431. The second-order valence-corrected chi connectivity index (χ2v) is 6.40. The summed E-state index contributed by atoms with van der Waals surface area (Å²) in [5.41, 5.74) is 1.49. The van der Waals surface area contributed by atoms with Gasteiger partial charge in [-0.05, 0) is 30.3 Å². The second kappa shape index (κ2) is 7.11. The Balaban J connectivity index is 1.35. The van der Waals surface area contributed by atoms with Crippen LogP contribution in [0.15, 0.2) is 36.5 Å². The topological polar surface area (TPSA) is 74.9 Å². The highest BCUT2D eigenvalue weighted by molar-refractivity contribution is 5.95. The van der Waals surface area contributed by atoms with Crippen LogP contribution in [0.1, 0.15) is 16.1 Å². The first-order chi connectivity index (χ1) is 12.7. The molecule has 4 rings (SSSR count). The SMILES string of the molecule is O=C(Cc1ccc[nH]1)N1CCN(C(=O)c2ccc3c(c2)OCCO3)CC1. The third kappa shape index (κ3) is 3.37. The maximum absolute atomic E-state index is 12.7. The molecule has 0 aliphatic carbocycles. The highest BCUT2D eigenvalue weighted by Crippen LogP contribution is 2.31. The molecule has 2 amide bonds. The first kappa shape index (κ1) is 16.5. The molecule has 3 heterocycles. The van der Waals surface area contributed by atoms with Gasteiger partial charge < -0.3 is 24.3 Å². The molecular weight excluding hydrogens is 334 g/mol. The van der Waals surface area contributed by atoms with Gasteiger partial charge in [-0.2, -0.15) is 0 Å². The van der Waals surface area contributed by atoms with Crippen molar-refractivity contribution in [1.29, 1.82) is 0 Å². The van der Waals surface area contributed by atoms with Gasteiger partial charge in [0.15, 0.2) is 11.5 Å². The molecule has 136 valence electrons. The highest BCUT2D eigenvalue weighted by atomic mass is 16.6. The van der Waals surface area contributed by atoms with Gasteiger partial charge in [-0.3, -0.25) is 9.59 Å². The predicted molar refractivity (Wildman–Crippen MR) is 94.4 cm³/mol. The first-order valence-corrected chi connectivity index (χ1v) is 8.80. The number of benzene rings is 1. The normalized spacial score (nSPS) is 16.5. The molecule has 0 saturated carbocycles. The summed E-state index contributed by atoms with van der Waals surface area (Å²) in [5.74, 6) is 1.33. The molecule has 1 saturated heterocycles. The van der Waals surface area contributed by atoms with Gasteiger partial charge in [0, 0.05) is 43.6 Å². The largest absolute Gasteiger partial charge is 0.486 e. The lowest BCUT2D eigenvalue weighted by atomic mass is 10.1. The number of aromatic amines is 1. The number of amides is 2. The molecule has 0 atom stereocenters. The molecule has 26 heavy (non-hydrogen) atoms. The van der Waals surface area contributed by atoms with Crippen molar-refractivity contribution in [2.75, 3.05) is 39.4 Å². The zero-order valence-corrected chi connectivity index (χ0v) is 14.4. The number of aromatic nitrogens is 1. The van der Waals surface area contributed by atoms with Gasteiger partial charge in [-0.1, -0.05) is 0 Å². The fraction of sp³-hybridized carbons (Fsp3) is 0.368. The molecule has 0 radical (unpaired) electrons. The van der Waals surface area contributed by atoms with Crippen molar-refractivity contribution in [1.82, 2.24) is 14.8 Å². The molecule has 0 spiro atoms. The molecule has 7 heteroatoms. The van der Waals surface area contributed by atoms with Crippen LogP contribution in [0.5, 0.6) is 11.5 Å². The van der Waals surface area contributed by atoms with E-state index in [-0.39, 0.29) is 11.8 Å². The van der Waals surface area contributed by atoms with Crippen molar-refractivity contribution in [2.45, 2.75) is 6.42 Å². The average molecular weight is 355 g/mol. The zero-order valence-electron chi connectivity index (χ0n) is 14.4. The van der Waals surface area contributed by atoms with Gasteiger partial charge >= 0.3 is 0 Å². The monoisotopic (exact) mass is 355 g/mol. The lowest BCUT2D eigenvalue weighted by molar-refractivity contribution is -0.132. The third-order valence-electron chi connectivity index (χ3n) is 4.71. The Labute approximate surface area is 151 Å². The Hall–Kier alpha value is -2.96. The third-order valence-corrected chi connectivity index (χ3v) is 4.71. The number of nitrogens with one attached hydrogen (secondary N) is 1. The van der Waals surface area contributed by atoms with E-state index in [2.05, 4.69) is 4.98 Å². The van der Waals surface area contributed by atoms with E-state index >= 15 is 0 Å². The minimum absolute atomic E-state index is 0.0431. The average Bonchev–Trinajstić information content (AvgIpc) is 3.20. The number of nitrogens with zero attached hydrogens (tertiary/aromatic N) is 2. The van der Waals surface area contributed by atoms with Crippen molar-refractivity contribution in [3.63, 3.8) is 0 Å². The Morgan fingerprint density at radius 2 is 1.69 bits per heavy atom. The summed E-state index contributed by atoms with van der Waals surface area (Å²) in [4.78, 5) is 31.7. The number of piperazine rings is 1. The van der Waals surface area contributed by atoms with Crippen LogP contribution < -0.4 is 9.47 Å². The highest BCUT2D eigenvalue weighted by Gasteiger charge is 2.26. The van der Waals surface area contributed by atoms with Crippen LogP contribution in [0.3, 0.4) is 0 Å². The van der Waals surface area contributed by atoms with E-state index < -0.39 is 0 Å². The molecule has 2 aliphatic rings. The van der Waals surface area contributed by atoms with E-state index in [4.69, 9.17) is 9.47 Å². The fourth-order valence-corrected chi connectivity index (χ4v) is 3.27. The van der Waals surface area contributed by atoms with Crippen molar-refractivity contribution in [3.05, 3.63) is 47.8 Å². The summed E-state index contributed by atoms with van der Waals surface area (Å²) in [6.45, 7) is 3.18. The van der Waals surface area contributed by atoms with Crippen LogP contribution in [0, 0.1) is 0 Å². The van der Waals surface area contributed by atoms with Crippen LogP contribution in [0.4, 0.5) is 0 Å². The number of carbonyl (C=O) groups is 2. The quantitative estimate of drug-likeness (QED) is 0.901. The molecule has 2 aromatic rings. The van der Waals surface area contributed by atoms with Crippen LogP contribution in [-0.4, -0.2) is 66.0 Å². The van der Waals surface area contributed by atoms with Crippen LogP contribution >= 0.6 is 0 Å². The van der Waals surface area contributed by atoms with E-state index in [9.17, 15) is 9.59 Å². The number of hydrogen-bond donors (Lipinski definition) is 1. The Kier molecular flexibility index (Phi) is 4.51. The second-order valence-electron chi connectivity index (χ2n) is 6.40. The van der Waals surface area contributed by atoms with Gasteiger partial charge in [-0.25, -0.2) is 0 Å². The number of carbonyl (C=O) groups excluding carboxylic acids is 2. The standard InChI is InChI=1S/C19H21N3O4/c23-18(13-15-2-1-5-20-15)21-6-8-22(9-7-21)19(24)14-3-4-16-17(12-14)26-11-10-25-16/h1-5,12,20H,6-11,13H2. The zero-order chi connectivity index (χ0) is 17.9. The summed E-state index contributed by atoms with van der Waals surface area (Å²) in [7, 11) is 0. The van der Waals surface area contributed by atoms with E-state index in [0.717, 1.165) is 5.69 Å².